The van der Waals surface area contributed by atoms with Crippen LogP contribution in [0.2, 0.25) is 0 Å². The highest BCUT2D eigenvalue weighted by Crippen LogP contribution is 2.35. The van der Waals surface area contributed by atoms with Gasteiger partial charge in [-0.15, -0.1) is 0 Å². The fraction of sp³-hybridized carbons (Fsp3) is 0.0800. The minimum absolute atomic E-state index is 1.13. The molecule has 0 heterocycles. The molecule has 7 aromatic carbocycles. The molecule has 0 atom stereocenters. The molecule has 0 aliphatic rings. The maximum atomic E-state index is 3.36. The number of benzene rings is 7. The highest BCUT2D eigenvalue weighted by Gasteiger charge is 2.12. The van der Waals surface area contributed by atoms with Gasteiger partial charge in [-0.2, -0.15) is 0 Å². The Hall–Kier alpha value is -6.38. The van der Waals surface area contributed by atoms with Crippen LogP contribution in [-0.4, -0.2) is 0 Å². The summed E-state index contributed by atoms with van der Waals surface area (Å²) in [6.45, 7) is 8.43. The molecular formula is C50H46N2. The number of aryl methyl sites for hydroxylation is 4. The zero-order chi connectivity index (χ0) is 36.1. The number of hydrogen-bond donors (Lipinski definition) is 1. The van der Waals surface area contributed by atoms with Gasteiger partial charge in [0.05, 0.1) is 0 Å². The van der Waals surface area contributed by atoms with E-state index in [4.69, 9.17) is 0 Å². The Kier molecular flexibility index (Phi) is 11.9. The van der Waals surface area contributed by atoms with E-state index >= 15 is 0 Å². The minimum atomic E-state index is 1.13. The molecule has 0 saturated heterocycles. The molecule has 0 unspecified atom stereocenters. The molecule has 2 heteroatoms. The maximum absolute atomic E-state index is 3.36. The Morgan fingerprint density at radius 2 is 0.577 bits per heavy atom. The van der Waals surface area contributed by atoms with Crippen LogP contribution in [-0.2, 0) is 0 Å². The van der Waals surface area contributed by atoms with E-state index in [0.717, 1.165) is 28.4 Å². The smallest absolute Gasteiger partial charge is 0.0462 e. The van der Waals surface area contributed by atoms with Crippen molar-refractivity contribution in [1.29, 1.82) is 0 Å². The molecule has 2 nitrogen and oxygen atoms in total. The Morgan fingerprint density at radius 1 is 0.308 bits per heavy atom. The van der Waals surface area contributed by atoms with E-state index in [0.29, 0.717) is 0 Å². The van der Waals surface area contributed by atoms with Crippen LogP contribution < -0.4 is 10.2 Å². The quantitative estimate of drug-likeness (QED) is 0.153. The molecule has 0 spiro atoms. The van der Waals surface area contributed by atoms with Gasteiger partial charge < -0.3 is 10.2 Å². The van der Waals surface area contributed by atoms with Gasteiger partial charge in [-0.3, -0.25) is 0 Å². The Balaban J connectivity index is 0.000000258. The standard InChI is InChI=1S/C36H31N.C14H15N/c1-28-8-22-34(23-9-28)37(35-24-10-29(2)11-25-35)36-26-20-33(21-27-36)19-18-32-16-14-31(15-17-32)13-12-30-6-4-3-5-7-30;1-11-3-7-13(8-4-11)15-14-9-5-12(2)6-10-14/h3-27H,1-2H3;3-10,15H,1-2H3/b13-12+,19-18+;. The lowest BCUT2D eigenvalue weighted by molar-refractivity contribution is 1.27. The van der Waals surface area contributed by atoms with Gasteiger partial charge in [-0.1, -0.05) is 162 Å². The van der Waals surface area contributed by atoms with Crippen LogP contribution in [0.25, 0.3) is 24.3 Å². The summed E-state index contributed by atoms with van der Waals surface area (Å²) in [4.78, 5) is 2.30. The van der Waals surface area contributed by atoms with Gasteiger partial charge in [0, 0.05) is 28.4 Å². The van der Waals surface area contributed by atoms with Crippen LogP contribution in [0.15, 0.2) is 176 Å². The molecule has 1 N–H and O–H groups in total. The Labute approximate surface area is 310 Å². The first kappa shape index (κ1) is 35.4. The molecule has 52 heavy (non-hydrogen) atoms. The number of hydrogen-bond acceptors (Lipinski definition) is 2. The lowest BCUT2D eigenvalue weighted by Gasteiger charge is -2.25. The van der Waals surface area contributed by atoms with Crippen LogP contribution in [0.1, 0.15) is 44.5 Å². The van der Waals surface area contributed by atoms with Crippen molar-refractivity contribution in [3.8, 4) is 0 Å². The molecule has 7 aromatic rings. The summed E-state index contributed by atoms with van der Waals surface area (Å²) in [6, 6.07) is 61.9. The predicted molar refractivity (Wildman–Crippen MR) is 227 cm³/mol. The third-order valence-corrected chi connectivity index (χ3v) is 8.80. The minimum Gasteiger partial charge on any atom is -0.356 e. The van der Waals surface area contributed by atoms with Gasteiger partial charge in [0.25, 0.3) is 0 Å². The van der Waals surface area contributed by atoms with Gasteiger partial charge in [-0.25, -0.2) is 0 Å². The number of nitrogens with zero attached hydrogens (tertiary/aromatic N) is 1. The molecule has 0 bridgehead atoms. The zero-order valence-electron chi connectivity index (χ0n) is 30.5. The van der Waals surface area contributed by atoms with Crippen LogP contribution in [0.4, 0.5) is 28.4 Å². The fourth-order valence-corrected chi connectivity index (χ4v) is 5.68. The third kappa shape index (κ3) is 10.3. The van der Waals surface area contributed by atoms with E-state index in [2.05, 4.69) is 232 Å². The van der Waals surface area contributed by atoms with Crippen molar-refractivity contribution in [2.75, 3.05) is 10.2 Å². The third-order valence-electron chi connectivity index (χ3n) is 8.80. The molecule has 0 aliphatic carbocycles. The van der Waals surface area contributed by atoms with Crippen LogP contribution in [0, 0.1) is 27.7 Å². The van der Waals surface area contributed by atoms with E-state index in [1.165, 1.54) is 44.5 Å². The normalized spacial score (nSPS) is 10.9. The van der Waals surface area contributed by atoms with Crippen molar-refractivity contribution >= 4 is 52.7 Å². The molecule has 7 rings (SSSR count). The van der Waals surface area contributed by atoms with Crippen molar-refractivity contribution in [3.63, 3.8) is 0 Å². The van der Waals surface area contributed by atoms with Crippen LogP contribution >= 0.6 is 0 Å². The van der Waals surface area contributed by atoms with Crippen molar-refractivity contribution in [2.24, 2.45) is 0 Å². The zero-order valence-corrected chi connectivity index (χ0v) is 30.5. The summed E-state index contributed by atoms with van der Waals surface area (Å²) >= 11 is 0. The summed E-state index contributed by atoms with van der Waals surface area (Å²) in [5.41, 5.74) is 15.5. The second kappa shape index (κ2) is 17.5. The van der Waals surface area contributed by atoms with Gasteiger partial charge in [-0.05, 0) is 111 Å². The van der Waals surface area contributed by atoms with E-state index in [-0.39, 0.29) is 0 Å². The SMILES string of the molecule is Cc1ccc(N(c2ccc(C)cc2)c2ccc(/C=C/c3ccc(/C=C/c4ccccc4)cc3)cc2)cc1.Cc1ccc(Nc2ccc(C)cc2)cc1. The molecule has 0 aliphatic heterocycles. The lowest BCUT2D eigenvalue weighted by Crippen LogP contribution is -2.09. The summed E-state index contributed by atoms with van der Waals surface area (Å²) in [6.07, 6.45) is 8.62. The van der Waals surface area contributed by atoms with E-state index in [1.54, 1.807) is 0 Å². The topological polar surface area (TPSA) is 15.3 Å². The first-order valence-corrected chi connectivity index (χ1v) is 17.8. The van der Waals surface area contributed by atoms with Gasteiger partial charge in [0.1, 0.15) is 0 Å². The molecule has 0 amide bonds. The Bertz CT molecular complexity index is 2090. The summed E-state index contributed by atoms with van der Waals surface area (Å²) in [5.74, 6) is 0. The molecule has 0 fully saturated rings. The number of rotatable bonds is 9. The first-order valence-electron chi connectivity index (χ1n) is 17.8. The molecule has 0 radical (unpaired) electrons. The number of nitrogens with one attached hydrogen (secondary N) is 1. The highest BCUT2D eigenvalue weighted by molar-refractivity contribution is 5.78. The molecular weight excluding hydrogens is 629 g/mol. The molecule has 0 saturated carbocycles. The van der Waals surface area contributed by atoms with Crippen molar-refractivity contribution in [2.45, 2.75) is 27.7 Å². The molecule has 0 aromatic heterocycles. The summed E-state index contributed by atoms with van der Waals surface area (Å²) in [5, 5.41) is 3.36. The van der Waals surface area contributed by atoms with Gasteiger partial charge in [0.2, 0.25) is 0 Å². The second-order valence-electron chi connectivity index (χ2n) is 13.2. The van der Waals surface area contributed by atoms with Crippen LogP contribution in [0.3, 0.4) is 0 Å². The van der Waals surface area contributed by atoms with Crippen molar-refractivity contribution in [3.05, 3.63) is 220 Å². The largest absolute Gasteiger partial charge is 0.356 e. The van der Waals surface area contributed by atoms with E-state index in [9.17, 15) is 0 Å². The van der Waals surface area contributed by atoms with Crippen molar-refractivity contribution in [1.82, 2.24) is 0 Å². The number of anilines is 5. The predicted octanol–water partition coefficient (Wildman–Crippen LogP) is 14.2. The lowest BCUT2D eigenvalue weighted by atomic mass is 10.1. The second-order valence-corrected chi connectivity index (χ2v) is 13.2. The highest BCUT2D eigenvalue weighted by atomic mass is 15.1. The van der Waals surface area contributed by atoms with E-state index < -0.39 is 0 Å². The average Bonchev–Trinajstić information content (AvgIpc) is 3.18. The fourth-order valence-electron chi connectivity index (χ4n) is 5.68. The van der Waals surface area contributed by atoms with Gasteiger partial charge in [0.15, 0.2) is 0 Å². The van der Waals surface area contributed by atoms with Gasteiger partial charge >= 0.3 is 0 Å². The first-order chi connectivity index (χ1) is 25.4. The molecule has 256 valence electrons. The van der Waals surface area contributed by atoms with Crippen LogP contribution in [0.5, 0.6) is 0 Å². The van der Waals surface area contributed by atoms with Crippen molar-refractivity contribution < 1.29 is 0 Å². The summed E-state index contributed by atoms with van der Waals surface area (Å²) < 4.78 is 0. The monoisotopic (exact) mass is 674 g/mol. The Morgan fingerprint density at radius 3 is 0.923 bits per heavy atom. The summed E-state index contributed by atoms with van der Waals surface area (Å²) in [7, 11) is 0. The average molecular weight is 675 g/mol. The maximum Gasteiger partial charge on any atom is 0.0462 e. The van der Waals surface area contributed by atoms with E-state index in [1.807, 2.05) is 6.07 Å².